The number of halogens is 3. The fraction of sp³-hybridized carbons (Fsp3) is 0.161. The highest BCUT2D eigenvalue weighted by molar-refractivity contribution is 5.82. The summed E-state index contributed by atoms with van der Waals surface area (Å²) >= 11 is 0. The molecular formula is C31H25F3N2. The van der Waals surface area contributed by atoms with E-state index >= 15 is 0 Å². The number of benzene rings is 3. The molecule has 2 nitrogen and oxygen atoms in total. The molecule has 0 aromatic heterocycles. The number of allylic oxidation sites excluding steroid dienone is 4. The molecule has 1 atom stereocenters. The van der Waals surface area contributed by atoms with Crippen molar-refractivity contribution in [2.75, 3.05) is 4.90 Å². The van der Waals surface area contributed by atoms with E-state index in [1.165, 1.54) is 34.5 Å². The lowest BCUT2D eigenvalue weighted by Gasteiger charge is -2.26. The van der Waals surface area contributed by atoms with Crippen molar-refractivity contribution in [1.29, 1.82) is 0 Å². The van der Waals surface area contributed by atoms with Crippen molar-refractivity contribution >= 4 is 22.6 Å². The summed E-state index contributed by atoms with van der Waals surface area (Å²) < 4.78 is 39.4. The molecule has 36 heavy (non-hydrogen) atoms. The van der Waals surface area contributed by atoms with E-state index in [4.69, 9.17) is 0 Å². The minimum atomic E-state index is -4.36. The summed E-state index contributed by atoms with van der Waals surface area (Å²) in [5.74, 6) is 0. The van der Waals surface area contributed by atoms with Crippen LogP contribution < -0.4 is 10.2 Å². The highest BCUT2D eigenvalue weighted by atomic mass is 19.4. The first-order chi connectivity index (χ1) is 17.5. The Morgan fingerprint density at radius 3 is 2.17 bits per heavy atom. The topological polar surface area (TPSA) is 15.3 Å². The van der Waals surface area contributed by atoms with Crippen molar-refractivity contribution < 1.29 is 13.2 Å². The molecule has 5 heteroatoms. The van der Waals surface area contributed by atoms with Crippen LogP contribution in [0.1, 0.15) is 30.4 Å². The van der Waals surface area contributed by atoms with Gasteiger partial charge < -0.3 is 10.2 Å². The van der Waals surface area contributed by atoms with Crippen LogP contribution in [0, 0.1) is 0 Å². The number of hydrogen-bond donors (Lipinski definition) is 1. The highest BCUT2D eigenvalue weighted by Gasteiger charge is 2.31. The minimum Gasteiger partial charge on any atom is -0.378 e. The Hall–Kier alpha value is -3.99. The normalized spacial score (nSPS) is 18.7. The van der Waals surface area contributed by atoms with Gasteiger partial charge in [-0.15, -0.1) is 0 Å². The van der Waals surface area contributed by atoms with Crippen LogP contribution in [-0.4, -0.2) is 6.04 Å². The van der Waals surface area contributed by atoms with Crippen LogP contribution in [0.15, 0.2) is 120 Å². The van der Waals surface area contributed by atoms with Gasteiger partial charge in [-0.05, 0) is 102 Å². The Kier molecular flexibility index (Phi) is 5.56. The molecule has 1 unspecified atom stereocenters. The third kappa shape index (κ3) is 4.15. The molecule has 3 aliphatic rings. The maximum Gasteiger partial charge on any atom is 0.416 e. The summed E-state index contributed by atoms with van der Waals surface area (Å²) in [6, 6.07) is 23.6. The second kappa shape index (κ2) is 8.90. The zero-order valence-electron chi connectivity index (χ0n) is 19.6. The molecule has 0 saturated heterocycles. The van der Waals surface area contributed by atoms with Gasteiger partial charge in [-0.25, -0.2) is 0 Å². The van der Waals surface area contributed by atoms with Crippen molar-refractivity contribution in [1.82, 2.24) is 5.32 Å². The van der Waals surface area contributed by atoms with Gasteiger partial charge >= 0.3 is 6.18 Å². The number of alkyl halides is 3. The molecule has 0 saturated carbocycles. The molecule has 3 aromatic rings. The van der Waals surface area contributed by atoms with E-state index in [-0.39, 0.29) is 0 Å². The molecule has 180 valence electrons. The second-order valence-corrected chi connectivity index (χ2v) is 9.29. The van der Waals surface area contributed by atoms with E-state index in [0.29, 0.717) is 11.7 Å². The van der Waals surface area contributed by atoms with Gasteiger partial charge in [0, 0.05) is 22.8 Å². The van der Waals surface area contributed by atoms with E-state index in [2.05, 4.69) is 41.8 Å². The van der Waals surface area contributed by atoms with Crippen LogP contribution in [-0.2, 0) is 6.18 Å². The third-order valence-electron chi connectivity index (χ3n) is 7.03. The number of hydrogen-bond acceptors (Lipinski definition) is 2. The summed E-state index contributed by atoms with van der Waals surface area (Å²) in [6.07, 6.45) is 7.76. The van der Waals surface area contributed by atoms with Gasteiger partial charge in [-0.3, -0.25) is 0 Å². The second-order valence-electron chi connectivity index (χ2n) is 9.29. The van der Waals surface area contributed by atoms with E-state index in [1.54, 1.807) is 0 Å². The fourth-order valence-corrected chi connectivity index (χ4v) is 5.25. The summed E-state index contributed by atoms with van der Waals surface area (Å²) in [7, 11) is 0. The Balaban J connectivity index is 1.32. The number of rotatable bonds is 4. The summed E-state index contributed by atoms with van der Waals surface area (Å²) in [6.45, 7) is 0. The SMILES string of the molecule is FC(F)(F)c1ccc(N(c2ccccc2)c2ccc(C3=CCC4NC5=C(CCC=C5)C4=C3)cc2)cc1. The van der Waals surface area contributed by atoms with Crippen LogP contribution in [0.3, 0.4) is 0 Å². The van der Waals surface area contributed by atoms with Gasteiger partial charge in [0.1, 0.15) is 0 Å². The zero-order chi connectivity index (χ0) is 24.7. The maximum atomic E-state index is 13.1. The molecule has 0 fully saturated rings. The standard InChI is InChI=1S/C31H25F3N2/c32-31(33,34)23-13-17-26(18-14-23)36(24-6-2-1-3-7-24)25-15-10-21(11-16-25)22-12-19-30-28(20-22)27-8-4-5-9-29(27)35-30/h1-3,5-7,9-18,20,30,35H,4,8,19H2. The highest BCUT2D eigenvalue weighted by Crippen LogP contribution is 2.40. The lowest BCUT2D eigenvalue weighted by Crippen LogP contribution is -2.24. The summed E-state index contributed by atoms with van der Waals surface area (Å²) in [5, 5.41) is 3.64. The largest absolute Gasteiger partial charge is 0.416 e. The Bertz CT molecular complexity index is 1390. The van der Waals surface area contributed by atoms with Gasteiger partial charge in [0.15, 0.2) is 0 Å². The zero-order valence-corrected chi connectivity index (χ0v) is 19.6. The van der Waals surface area contributed by atoms with E-state index in [0.717, 1.165) is 48.3 Å². The van der Waals surface area contributed by atoms with Crippen LogP contribution >= 0.6 is 0 Å². The van der Waals surface area contributed by atoms with Crippen LogP contribution in [0.2, 0.25) is 0 Å². The third-order valence-corrected chi connectivity index (χ3v) is 7.03. The first-order valence-electron chi connectivity index (χ1n) is 12.2. The van der Waals surface area contributed by atoms with Gasteiger partial charge in [-0.1, -0.05) is 42.5 Å². The molecule has 0 amide bonds. The lowest BCUT2D eigenvalue weighted by atomic mass is 9.87. The predicted octanol–water partition coefficient (Wildman–Crippen LogP) is 8.46. The van der Waals surface area contributed by atoms with Crippen LogP contribution in [0.5, 0.6) is 0 Å². The van der Waals surface area contributed by atoms with Gasteiger partial charge in [0.25, 0.3) is 0 Å². The predicted molar refractivity (Wildman–Crippen MR) is 139 cm³/mol. The van der Waals surface area contributed by atoms with E-state index in [9.17, 15) is 13.2 Å². The number of nitrogens with zero attached hydrogens (tertiary/aromatic N) is 1. The quantitative estimate of drug-likeness (QED) is 0.401. The molecule has 1 heterocycles. The van der Waals surface area contributed by atoms with Crippen molar-refractivity contribution in [3.8, 4) is 0 Å². The average Bonchev–Trinajstić information content (AvgIpc) is 3.28. The summed E-state index contributed by atoms with van der Waals surface area (Å²) in [4.78, 5) is 1.97. The summed E-state index contributed by atoms with van der Waals surface area (Å²) in [5.41, 5.74) is 8.21. The van der Waals surface area contributed by atoms with Crippen molar-refractivity contribution in [2.24, 2.45) is 0 Å². The average molecular weight is 483 g/mol. The Morgan fingerprint density at radius 1 is 0.806 bits per heavy atom. The van der Waals surface area contributed by atoms with Crippen molar-refractivity contribution in [3.05, 3.63) is 131 Å². The molecule has 0 radical (unpaired) electrons. The number of para-hydroxylation sites is 1. The smallest absolute Gasteiger partial charge is 0.378 e. The van der Waals surface area contributed by atoms with E-state index < -0.39 is 11.7 Å². The monoisotopic (exact) mass is 482 g/mol. The number of fused-ring (bicyclic) bond motifs is 2. The number of anilines is 3. The molecule has 3 aromatic carbocycles. The maximum absolute atomic E-state index is 13.1. The van der Waals surface area contributed by atoms with Gasteiger partial charge in [0.05, 0.1) is 11.6 Å². The van der Waals surface area contributed by atoms with Gasteiger partial charge in [-0.2, -0.15) is 13.2 Å². The number of nitrogens with one attached hydrogen (secondary N) is 1. The van der Waals surface area contributed by atoms with E-state index in [1.807, 2.05) is 47.4 Å². The molecule has 1 aliphatic heterocycles. The Labute approximate surface area is 208 Å². The van der Waals surface area contributed by atoms with Gasteiger partial charge in [0.2, 0.25) is 0 Å². The molecule has 0 spiro atoms. The minimum absolute atomic E-state index is 0.356. The fourth-order valence-electron chi connectivity index (χ4n) is 5.25. The molecule has 6 rings (SSSR count). The first kappa shape index (κ1) is 22.5. The van der Waals surface area contributed by atoms with Crippen LogP contribution in [0.4, 0.5) is 30.2 Å². The van der Waals surface area contributed by atoms with Crippen molar-refractivity contribution in [3.63, 3.8) is 0 Å². The first-order valence-corrected chi connectivity index (χ1v) is 12.2. The molecule has 1 N–H and O–H groups in total. The van der Waals surface area contributed by atoms with Crippen LogP contribution in [0.25, 0.3) is 5.57 Å². The molecule has 0 bridgehead atoms. The molecule has 2 aliphatic carbocycles. The van der Waals surface area contributed by atoms with Crippen molar-refractivity contribution in [2.45, 2.75) is 31.5 Å². The lowest BCUT2D eigenvalue weighted by molar-refractivity contribution is -0.137. The Morgan fingerprint density at radius 2 is 1.47 bits per heavy atom. The molecular weight excluding hydrogens is 457 g/mol.